The third kappa shape index (κ3) is 5.33. The molecule has 1 aliphatic carbocycles. The van der Waals surface area contributed by atoms with E-state index in [1.165, 1.54) is 28.7 Å². The van der Waals surface area contributed by atoms with Crippen LogP contribution in [0.2, 0.25) is 42.4 Å². The Morgan fingerprint density at radius 1 is 0.800 bits per heavy atom. The number of hydrogen-bond acceptors (Lipinski definition) is 0. The topological polar surface area (TPSA) is 0 Å². The van der Waals surface area contributed by atoms with Gasteiger partial charge in [-0.2, -0.15) is 0 Å². The van der Waals surface area contributed by atoms with Gasteiger partial charge in [0.05, 0.1) is 0 Å². The van der Waals surface area contributed by atoms with Crippen molar-refractivity contribution in [3.63, 3.8) is 0 Å². The standard InChI is InChI=1S/C6H13Si.3C4H9.Sn/c1-7(2,3)6-4-5-6;3*1-3-4-2;/h4,6H,5H2,1-3H3;3*1,3-4H2,2H3;/t6-;;;;/m0..../s1. The van der Waals surface area contributed by atoms with Gasteiger partial charge in [0, 0.05) is 0 Å². The van der Waals surface area contributed by atoms with Crippen molar-refractivity contribution in [1.29, 1.82) is 0 Å². The molecule has 0 unspecified atom stereocenters. The van der Waals surface area contributed by atoms with Crippen LogP contribution in [0, 0.1) is 0 Å². The van der Waals surface area contributed by atoms with Crippen LogP contribution in [-0.4, -0.2) is 26.5 Å². The minimum absolute atomic E-state index is 0.861. The van der Waals surface area contributed by atoms with Crippen LogP contribution in [0.15, 0.2) is 0 Å². The molecule has 0 amide bonds. The van der Waals surface area contributed by atoms with Gasteiger partial charge in [-0.25, -0.2) is 0 Å². The summed E-state index contributed by atoms with van der Waals surface area (Å²) >= 11 is -1.83. The van der Waals surface area contributed by atoms with Gasteiger partial charge in [0.2, 0.25) is 0 Å². The molecule has 0 N–H and O–H groups in total. The molecule has 0 aromatic heterocycles. The van der Waals surface area contributed by atoms with Crippen LogP contribution in [0.1, 0.15) is 65.7 Å². The van der Waals surface area contributed by atoms with Crippen LogP contribution >= 0.6 is 0 Å². The van der Waals surface area contributed by atoms with Crippen LogP contribution in [-0.2, 0) is 0 Å². The Hall–Kier alpha value is 1.02. The second kappa shape index (κ2) is 8.60. The van der Waals surface area contributed by atoms with E-state index < -0.39 is 26.5 Å². The van der Waals surface area contributed by atoms with Crippen LogP contribution < -0.4 is 0 Å². The molecule has 0 aromatic rings. The first-order valence-electron chi connectivity index (χ1n) is 9.41. The summed E-state index contributed by atoms with van der Waals surface area (Å²) in [6.07, 6.45) is 10.6. The molecule has 120 valence electrons. The van der Waals surface area contributed by atoms with Crippen molar-refractivity contribution in [2.45, 2.75) is 108 Å². The third-order valence-electron chi connectivity index (χ3n) is 5.77. The van der Waals surface area contributed by atoms with Crippen molar-refractivity contribution < 1.29 is 0 Å². The van der Waals surface area contributed by atoms with E-state index in [4.69, 9.17) is 0 Å². The summed E-state index contributed by atoms with van der Waals surface area (Å²) in [6, 6.07) is 0. The maximum absolute atomic E-state index is 2.63. The fourth-order valence-electron chi connectivity index (χ4n) is 4.35. The van der Waals surface area contributed by atoms with Crippen molar-refractivity contribution in [2.24, 2.45) is 0 Å². The van der Waals surface area contributed by atoms with Gasteiger partial charge >= 0.3 is 135 Å². The fourth-order valence-corrected chi connectivity index (χ4v) is 32.8. The van der Waals surface area contributed by atoms with Crippen molar-refractivity contribution >= 4 is 26.5 Å². The molecule has 1 aliphatic rings. The zero-order chi connectivity index (χ0) is 15.2. The van der Waals surface area contributed by atoms with Crippen molar-refractivity contribution in [3.05, 3.63) is 0 Å². The molecule has 2 heteroatoms. The normalized spacial score (nSPS) is 23.1. The van der Waals surface area contributed by atoms with Gasteiger partial charge in [0.25, 0.3) is 0 Å². The zero-order valence-electron chi connectivity index (χ0n) is 15.2. The molecule has 1 fully saturated rings. The summed E-state index contributed by atoms with van der Waals surface area (Å²) in [5.41, 5.74) is 1.23. The molecule has 0 aliphatic heterocycles. The summed E-state index contributed by atoms with van der Waals surface area (Å²) in [5, 5.41) is 0. The van der Waals surface area contributed by atoms with Gasteiger partial charge in [0.15, 0.2) is 0 Å². The zero-order valence-corrected chi connectivity index (χ0v) is 19.1. The van der Waals surface area contributed by atoms with E-state index in [1.807, 2.05) is 0 Å². The first-order valence-corrected chi connectivity index (χ1v) is 20.7. The predicted octanol–water partition coefficient (Wildman–Crippen LogP) is 7.32. The van der Waals surface area contributed by atoms with E-state index >= 15 is 0 Å². The number of hydrogen-bond donors (Lipinski definition) is 0. The molecule has 0 radical (unpaired) electrons. The molecule has 1 saturated carbocycles. The molecule has 0 spiro atoms. The fraction of sp³-hybridized carbons (Fsp3) is 1.00. The molecule has 2 atom stereocenters. The number of unbranched alkanes of at least 4 members (excludes halogenated alkanes) is 3. The summed E-state index contributed by atoms with van der Waals surface area (Å²) in [7, 11) is -0.861. The first kappa shape index (κ1) is 19.1. The monoisotopic (exact) mass is 404 g/mol. The Morgan fingerprint density at radius 3 is 1.45 bits per heavy atom. The van der Waals surface area contributed by atoms with Gasteiger partial charge in [-0.05, 0) is 0 Å². The predicted molar refractivity (Wildman–Crippen MR) is 100 cm³/mol. The van der Waals surface area contributed by atoms with Crippen molar-refractivity contribution in [3.8, 4) is 0 Å². The van der Waals surface area contributed by atoms with Crippen molar-refractivity contribution in [1.82, 2.24) is 0 Å². The first-order chi connectivity index (χ1) is 9.41. The molecule has 0 nitrogen and oxygen atoms in total. The molecule has 0 heterocycles. The SMILES string of the molecule is CCC[CH2][Sn]([CH2]CCC)([CH2]CCC)[C@H]1C[C@H]1[Si](C)(C)C. The third-order valence-corrected chi connectivity index (χ3v) is 27.5. The molecular formula is C18H40SiSn. The maximum atomic E-state index is 2.63. The van der Waals surface area contributed by atoms with Gasteiger partial charge in [-0.1, -0.05) is 0 Å². The summed E-state index contributed by atoms with van der Waals surface area (Å²) < 4.78 is 6.51. The van der Waals surface area contributed by atoms with Crippen LogP contribution in [0.25, 0.3) is 0 Å². The Bertz CT molecular complexity index is 247. The molecule has 0 saturated heterocycles. The average Bonchev–Trinajstić information content (AvgIpc) is 3.19. The Labute approximate surface area is 134 Å². The van der Waals surface area contributed by atoms with Gasteiger partial charge in [-0.3, -0.25) is 0 Å². The van der Waals surface area contributed by atoms with Crippen LogP contribution in [0.4, 0.5) is 0 Å². The second-order valence-electron chi connectivity index (χ2n) is 8.49. The van der Waals surface area contributed by atoms with E-state index in [0.29, 0.717) is 0 Å². The van der Waals surface area contributed by atoms with Gasteiger partial charge < -0.3 is 0 Å². The van der Waals surface area contributed by atoms with E-state index in [1.54, 1.807) is 39.0 Å². The van der Waals surface area contributed by atoms with Crippen LogP contribution in [0.5, 0.6) is 0 Å². The molecule has 20 heavy (non-hydrogen) atoms. The van der Waals surface area contributed by atoms with E-state index in [2.05, 4.69) is 40.4 Å². The van der Waals surface area contributed by atoms with Gasteiger partial charge in [0.1, 0.15) is 0 Å². The second-order valence-corrected chi connectivity index (χ2v) is 28.1. The minimum atomic E-state index is -1.83. The van der Waals surface area contributed by atoms with Crippen LogP contribution in [0.3, 0.4) is 0 Å². The summed E-state index contributed by atoms with van der Waals surface area (Å²) in [5.74, 6) is 0. The molecular weight excluding hydrogens is 363 g/mol. The summed E-state index contributed by atoms with van der Waals surface area (Å²) in [6.45, 7) is 15.1. The Morgan fingerprint density at radius 2 is 1.20 bits per heavy atom. The Kier molecular flexibility index (Phi) is 8.19. The summed E-state index contributed by atoms with van der Waals surface area (Å²) in [4.78, 5) is 0. The van der Waals surface area contributed by atoms with Crippen molar-refractivity contribution in [2.75, 3.05) is 0 Å². The Balaban J connectivity index is 2.79. The number of rotatable bonds is 11. The molecule has 0 bridgehead atoms. The average molecular weight is 403 g/mol. The van der Waals surface area contributed by atoms with E-state index in [0.717, 1.165) is 0 Å². The van der Waals surface area contributed by atoms with E-state index in [-0.39, 0.29) is 0 Å². The molecule has 0 aromatic carbocycles. The van der Waals surface area contributed by atoms with Gasteiger partial charge in [-0.15, -0.1) is 0 Å². The van der Waals surface area contributed by atoms with E-state index in [9.17, 15) is 0 Å². The molecule has 1 rings (SSSR count). The quantitative estimate of drug-likeness (QED) is 0.317.